The van der Waals surface area contributed by atoms with Gasteiger partial charge in [-0.05, 0) is 49.1 Å². The lowest BCUT2D eigenvalue weighted by atomic mass is 9.99. The van der Waals surface area contributed by atoms with Crippen molar-refractivity contribution in [2.45, 2.75) is 17.7 Å². The van der Waals surface area contributed by atoms with E-state index < -0.39 is 10.0 Å². The van der Waals surface area contributed by atoms with Crippen molar-refractivity contribution in [3.05, 3.63) is 59.6 Å². The zero-order valence-electron chi connectivity index (χ0n) is 13.3. The van der Waals surface area contributed by atoms with Crippen molar-refractivity contribution in [3.63, 3.8) is 0 Å². The Hall–Kier alpha value is -1.56. The number of sulfonamides is 1. The molecule has 2 aromatic rings. The average molecular weight is 366 g/mol. The molecule has 0 unspecified atom stereocenters. The third-order valence-electron chi connectivity index (χ3n) is 4.24. The number of benzene rings is 2. The molecule has 2 aromatic carbocycles. The van der Waals surface area contributed by atoms with Gasteiger partial charge >= 0.3 is 0 Å². The maximum atomic E-state index is 12.7. The van der Waals surface area contributed by atoms with Gasteiger partial charge in [0.1, 0.15) is 5.75 Å². The van der Waals surface area contributed by atoms with Gasteiger partial charge in [-0.2, -0.15) is 4.31 Å². The second kappa shape index (κ2) is 7.55. The highest BCUT2D eigenvalue weighted by Crippen LogP contribution is 2.25. The molecule has 0 bridgehead atoms. The maximum Gasteiger partial charge on any atom is 0.243 e. The molecular weight excluding hydrogens is 346 g/mol. The molecule has 3 rings (SSSR count). The molecular formula is C18H20ClNO3S. The summed E-state index contributed by atoms with van der Waals surface area (Å²) in [6, 6.07) is 16.1. The number of halogens is 1. The van der Waals surface area contributed by atoms with Crippen molar-refractivity contribution in [1.29, 1.82) is 0 Å². The summed E-state index contributed by atoms with van der Waals surface area (Å²) in [7, 11) is -3.47. The molecule has 1 heterocycles. The molecule has 0 saturated carbocycles. The summed E-state index contributed by atoms with van der Waals surface area (Å²) in [6.45, 7) is 1.64. The van der Waals surface area contributed by atoms with Crippen molar-refractivity contribution >= 4 is 21.6 Å². The van der Waals surface area contributed by atoms with E-state index in [4.69, 9.17) is 16.3 Å². The van der Waals surface area contributed by atoms with Crippen LogP contribution in [0.1, 0.15) is 12.8 Å². The average Bonchev–Trinajstić information content (AvgIpc) is 2.61. The number of nitrogens with zero attached hydrogens (tertiary/aromatic N) is 1. The minimum Gasteiger partial charge on any atom is -0.493 e. The van der Waals surface area contributed by atoms with Crippen molar-refractivity contribution < 1.29 is 13.2 Å². The van der Waals surface area contributed by atoms with Crippen LogP contribution in [-0.2, 0) is 10.0 Å². The first-order valence-electron chi connectivity index (χ1n) is 7.99. The largest absolute Gasteiger partial charge is 0.493 e. The molecule has 0 aliphatic carbocycles. The first-order chi connectivity index (χ1) is 11.6. The number of para-hydroxylation sites is 1. The van der Waals surface area contributed by atoms with Crippen LogP contribution < -0.4 is 4.74 Å². The highest BCUT2D eigenvalue weighted by Gasteiger charge is 2.29. The topological polar surface area (TPSA) is 46.6 Å². The van der Waals surface area contributed by atoms with Crippen LogP contribution in [0.5, 0.6) is 5.75 Å². The molecule has 0 atom stereocenters. The molecule has 4 nitrogen and oxygen atoms in total. The third kappa shape index (κ3) is 4.09. The van der Waals surface area contributed by atoms with Gasteiger partial charge in [-0.1, -0.05) is 35.9 Å². The molecule has 1 fully saturated rings. The van der Waals surface area contributed by atoms with Crippen LogP contribution in [0.4, 0.5) is 0 Å². The highest BCUT2D eigenvalue weighted by atomic mass is 35.5. The lowest BCUT2D eigenvalue weighted by molar-refractivity contribution is 0.185. The first-order valence-corrected chi connectivity index (χ1v) is 9.81. The van der Waals surface area contributed by atoms with Crippen LogP contribution in [0.2, 0.25) is 5.02 Å². The van der Waals surface area contributed by atoms with Gasteiger partial charge in [0.25, 0.3) is 0 Å². The van der Waals surface area contributed by atoms with Crippen LogP contribution in [0.25, 0.3) is 0 Å². The van der Waals surface area contributed by atoms with Crippen LogP contribution in [0.15, 0.2) is 59.5 Å². The van der Waals surface area contributed by atoms with E-state index in [1.54, 1.807) is 18.2 Å². The maximum absolute atomic E-state index is 12.7. The summed E-state index contributed by atoms with van der Waals surface area (Å²) in [5.41, 5.74) is 0. The van der Waals surface area contributed by atoms with Gasteiger partial charge in [-0.3, -0.25) is 0 Å². The van der Waals surface area contributed by atoms with E-state index in [0.29, 0.717) is 30.6 Å². The van der Waals surface area contributed by atoms with E-state index in [1.807, 2.05) is 30.3 Å². The van der Waals surface area contributed by atoms with Gasteiger partial charge in [-0.25, -0.2) is 8.42 Å². The Balaban J connectivity index is 1.56. The molecule has 1 aliphatic heterocycles. The molecule has 1 aliphatic rings. The number of rotatable bonds is 5. The Kier molecular flexibility index (Phi) is 5.43. The first kappa shape index (κ1) is 17.3. The normalized spacial score (nSPS) is 16.9. The monoisotopic (exact) mass is 365 g/mol. The predicted molar refractivity (Wildman–Crippen MR) is 94.9 cm³/mol. The van der Waals surface area contributed by atoms with E-state index in [-0.39, 0.29) is 4.90 Å². The van der Waals surface area contributed by atoms with Gasteiger partial charge in [0.2, 0.25) is 10.0 Å². The van der Waals surface area contributed by atoms with Gasteiger partial charge < -0.3 is 4.74 Å². The third-order valence-corrected chi connectivity index (χ3v) is 6.37. The highest BCUT2D eigenvalue weighted by molar-refractivity contribution is 7.89. The summed E-state index contributed by atoms with van der Waals surface area (Å²) in [5.74, 6) is 1.22. The SMILES string of the molecule is O=S(=O)(c1cccc(Cl)c1)N1CCC(COc2ccccc2)CC1. The summed E-state index contributed by atoms with van der Waals surface area (Å²) in [5, 5.41) is 0.433. The molecule has 1 saturated heterocycles. The van der Waals surface area contributed by atoms with E-state index in [1.165, 1.54) is 10.4 Å². The molecule has 24 heavy (non-hydrogen) atoms. The van der Waals surface area contributed by atoms with E-state index >= 15 is 0 Å². The zero-order chi connectivity index (χ0) is 17.0. The molecule has 0 aromatic heterocycles. The van der Waals surface area contributed by atoms with Crippen molar-refractivity contribution in [2.24, 2.45) is 5.92 Å². The Bertz CT molecular complexity index is 772. The molecule has 0 spiro atoms. The predicted octanol–water partition coefficient (Wildman–Crippen LogP) is 3.82. The Morgan fingerprint density at radius 3 is 2.42 bits per heavy atom. The number of hydrogen-bond acceptors (Lipinski definition) is 3. The fourth-order valence-corrected chi connectivity index (χ4v) is 4.59. The van der Waals surface area contributed by atoms with Gasteiger partial charge in [0, 0.05) is 18.1 Å². The van der Waals surface area contributed by atoms with Crippen LogP contribution >= 0.6 is 11.6 Å². The van der Waals surface area contributed by atoms with Crippen molar-refractivity contribution in [3.8, 4) is 5.75 Å². The van der Waals surface area contributed by atoms with Crippen molar-refractivity contribution in [2.75, 3.05) is 19.7 Å². The lowest BCUT2D eigenvalue weighted by Crippen LogP contribution is -2.39. The summed E-state index contributed by atoms with van der Waals surface area (Å²) in [6.07, 6.45) is 1.60. The Labute approximate surface area is 148 Å². The smallest absolute Gasteiger partial charge is 0.243 e. The fraction of sp³-hybridized carbons (Fsp3) is 0.333. The fourth-order valence-electron chi connectivity index (χ4n) is 2.82. The molecule has 6 heteroatoms. The number of ether oxygens (including phenoxy) is 1. The number of hydrogen-bond donors (Lipinski definition) is 0. The van der Waals surface area contributed by atoms with Crippen LogP contribution in [0, 0.1) is 5.92 Å². The van der Waals surface area contributed by atoms with Gasteiger partial charge in [-0.15, -0.1) is 0 Å². The second-order valence-electron chi connectivity index (χ2n) is 5.93. The molecule has 0 amide bonds. The van der Waals surface area contributed by atoms with Crippen molar-refractivity contribution in [1.82, 2.24) is 4.31 Å². The van der Waals surface area contributed by atoms with Crippen LogP contribution in [-0.4, -0.2) is 32.4 Å². The molecule has 128 valence electrons. The standard InChI is InChI=1S/C18H20ClNO3S/c19-16-5-4-8-18(13-16)24(21,22)20-11-9-15(10-12-20)14-23-17-6-2-1-3-7-17/h1-8,13,15H,9-12,14H2. The molecule has 0 N–H and O–H groups in total. The van der Waals surface area contributed by atoms with E-state index in [2.05, 4.69) is 0 Å². The van der Waals surface area contributed by atoms with Crippen LogP contribution in [0.3, 0.4) is 0 Å². The minimum absolute atomic E-state index is 0.258. The van der Waals surface area contributed by atoms with E-state index in [9.17, 15) is 8.42 Å². The van der Waals surface area contributed by atoms with Gasteiger partial charge in [0.15, 0.2) is 0 Å². The summed E-state index contributed by atoms with van der Waals surface area (Å²) < 4.78 is 32.6. The summed E-state index contributed by atoms with van der Waals surface area (Å²) in [4.78, 5) is 0.258. The second-order valence-corrected chi connectivity index (χ2v) is 8.30. The summed E-state index contributed by atoms with van der Waals surface area (Å²) >= 11 is 5.91. The Morgan fingerprint density at radius 1 is 1.04 bits per heavy atom. The molecule has 0 radical (unpaired) electrons. The lowest BCUT2D eigenvalue weighted by Gasteiger charge is -2.31. The number of piperidine rings is 1. The minimum atomic E-state index is -3.47. The quantitative estimate of drug-likeness (QED) is 0.809. The van der Waals surface area contributed by atoms with Gasteiger partial charge in [0.05, 0.1) is 11.5 Å². The van der Waals surface area contributed by atoms with E-state index in [0.717, 1.165) is 18.6 Å². The Morgan fingerprint density at radius 2 is 1.75 bits per heavy atom. The zero-order valence-corrected chi connectivity index (χ0v) is 14.8.